The van der Waals surface area contributed by atoms with Gasteiger partial charge in [0.05, 0.1) is 18.4 Å². The van der Waals surface area contributed by atoms with Gasteiger partial charge in [0, 0.05) is 6.54 Å². The number of benzene rings is 2. The van der Waals surface area contributed by atoms with E-state index in [9.17, 15) is 9.18 Å². The summed E-state index contributed by atoms with van der Waals surface area (Å²) >= 11 is 0. The maximum atomic E-state index is 13.9. The van der Waals surface area contributed by atoms with E-state index >= 15 is 0 Å². The van der Waals surface area contributed by atoms with Crippen LogP contribution in [0.2, 0.25) is 0 Å². The molecule has 1 heterocycles. The number of carbonyl (C=O) groups is 1. The van der Waals surface area contributed by atoms with Crippen molar-refractivity contribution in [2.75, 3.05) is 0 Å². The largest absolute Gasteiger partial charge is 0.467 e. The minimum atomic E-state index is -0.519. The van der Waals surface area contributed by atoms with Crippen LogP contribution in [-0.4, -0.2) is 10.8 Å². The van der Waals surface area contributed by atoms with Crippen LogP contribution >= 0.6 is 0 Å². The number of hydrogen-bond donors (Lipinski definition) is 0. The first-order valence-electron chi connectivity index (χ1n) is 7.34. The van der Waals surface area contributed by atoms with Crippen molar-refractivity contribution in [3.05, 3.63) is 95.7 Å². The molecule has 0 aliphatic carbocycles. The summed E-state index contributed by atoms with van der Waals surface area (Å²) in [5, 5.41) is 0. The average molecular weight is 309 g/mol. The Morgan fingerprint density at radius 3 is 2.35 bits per heavy atom. The number of hydrogen-bond acceptors (Lipinski definition) is 2. The highest BCUT2D eigenvalue weighted by Crippen LogP contribution is 2.16. The molecular formula is C19H16FNO2. The summed E-state index contributed by atoms with van der Waals surface area (Å²) in [5.74, 6) is -0.219. The summed E-state index contributed by atoms with van der Waals surface area (Å²) in [7, 11) is 0. The maximum Gasteiger partial charge on any atom is 0.257 e. The first-order chi connectivity index (χ1) is 11.2. The Hall–Kier alpha value is -2.88. The zero-order valence-electron chi connectivity index (χ0n) is 12.5. The molecule has 0 spiro atoms. The van der Waals surface area contributed by atoms with E-state index in [4.69, 9.17) is 4.42 Å². The number of furan rings is 1. The van der Waals surface area contributed by atoms with Gasteiger partial charge in [-0.1, -0.05) is 42.5 Å². The van der Waals surface area contributed by atoms with E-state index in [1.165, 1.54) is 12.1 Å². The third kappa shape index (κ3) is 3.66. The molecule has 0 bridgehead atoms. The van der Waals surface area contributed by atoms with Crippen molar-refractivity contribution in [2.24, 2.45) is 0 Å². The summed E-state index contributed by atoms with van der Waals surface area (Å²) in [4.78, 5) is 14.3. The lowest BCUT2D eigenvalue weighted by molar-refractivity contribution is 0.0713. The van der Waals surface area contributed by atoms with Gasteiger partial charge in [0.15, 0.2) is 0 Å². The number of carbonyl (C=O) groups excluding carboxylic acids is 1. The minimum absolute atomic E-state index is 0.0648. The van der Waals surface area contributed by atoms with Crippen LogP contribution in [-0.2, 0) is 13.1 Å². The monoisotopic (exact) mass is 309 g/mol. The van der Waals surface area contributed by atoms with Crippen LogP contribution in [0.15, 0.2) is 77.4 Å². The number of rotatable bonds is 5. The molecule has 116 valence electrons. The van der Waals surface area contributed by atoms with Crippen LogP contribution in [0, 0.1) is 5.82 Å². The molecular weight excluding hydrogens is 293 g/mol. The smallest absolute Gasteiger partial charge is 0.257 e. The standard InChI is InChI=1S/C19H16FNO2/c20-18-11-5-4-10-17(18)19(22)21(14-16-9-6-12-23-16)13-15-7-2-1-3-8-15/h1-12H,13-14H2. The lowest BCUT2D eigenvalue weighted by Crippen LogP contribution is -2.30. The van der Waals surface area contributed by atoms with E-state index in [1.807, 2.05) is 30.3 Å². The summed E-state index contributed by atoms with van der Waals surface area (Å²) in [6, 6.07) is 19.2. The molecule has 0 saturated carbocycles. The summed E-state index contributed by atoms with van der Waals surface area (Å²) < 4.78 is 19.3. The Labute approximate surface area is 134 Å². The SMILES string of the molecule is O=C(c1ccccc1F)N(Cc1ccccc1)Cc1ccco1. The molecule has 23 heavy (non-hydrogen) atoms. The molecule has 1 amide bonds. The van der Waals surface area contributed by atoms with Crippen molar-refractivity contribution in [1.82, 2.24) is 4.90 Å². The Morgan fingerprint density at radius 2 is 1.65 bits per heavy atom. The van der Waals surface area contributed by atoms with Gasteiger partial charge in [0.1, 0.15) is 11.6 Å². The molecule has 3 aromatic rings. The molecule has 2 aromatic carbocycles. The summed E-state index contributed by atoms with van der Waals surface area (Å²) in [6.07, 6.45) is 1.56. The first kappa shape index (κ1) is 15.0. The van der Waals surface area contributed by atoms with Crippen LogP contribution < -0.4 is 0 Å². The van der Waals surface area contributed by atoms with E-state index < -0.39 is 5.82 Å². The highest BCUT2D eigenvalue weighted by atomic mass is 19.1. The molecule has 4 heteroatoms. The summed E-state index contributed by atoms with van der Waals surface area (Å²) in [6.45, 7) is 0.670. The quantitative estimate of drug-likeness (QED) is 0.705. The number of amides is 1. The highest BCUT2D eigenvalue weighted by Gasteiger charge is 2.20. The van der Waals surface area contributed by atoms with Crippen molar-refractivity contribution < 1.29 is 13.6 Å². The van der Waals surface area contributed by atoms with Gasteiger partial charge >= 0.3 is 0 Å². The average Bonchev–Trinajstić information content (AvgIpc) is 3.08. The fourth-order valence-corrected chi connectivity index (χ4v) is 2.40. The molecule has 3 rings (SSSR count). The van der Waals surface area contributed by atoms with Gasteiger partial charge in [0.25, 0.3) is 5.91 Å². The zero-order valence-corrected chi connectivity index (χ0v) is 12.5. The van der Waals surface area contributed by atoms with Crippen LogP contribution in [0.3, 0.4) is 0 Å². The Morgan fingerprint density at radius 1 is 0.913 bits per heavy atom. The lowest BCUT2D eigenvalue weighted by atomic mass is 10.1. The second kappa shape index (κ2) is 6.92. The van der Waals surface area contributed by atoms with Crippen molar-refractivity contribution in [3.63, 3.8) is 0 Å². The van der Waals surface area contributed by atoms with Crippen molar-refractivity contribution in [2.45, 2.75) is 13.1 Å². The predicted octanol–water partition coefficient (Wildman–Crippen LogP) is 4.26. The van der Waals surface area contributed by atoms with E-state index in [2.05, 4.69) is 0 Å². The van der Waals surface area contributed by atoms with Gasteiger partial charge in [0.2, 0.25) is 0 Å². The predicted molar refractivity (Wildman–Crippen MR) is 85.1 cm³/mol. The Bertz CT molecular complexity index is 769. The van der Waals surface area contributed by atoms with Gasteiger partial charge in [-0.25, -0.2) is 4.39 Å². The second-order valence-corrected chi connectivity index (χ2v) is 5.21. The maximum absolute atomic E-state index is 13.9. The molecule has 0 N–H and O–H groups in total. The van der Waals surface area contributed by atoms with E-state index in [-0.39, 0.29) is 18.0 Å². The fraction of sp³-hybridized carbons (Fsp3) is 0.105. The highest BCUT2D eigenvalue weighted by molar-refractivity contribution is 5.94. The van der Waals surface area contributed by atoms with E-state index in [0.717, 1.165) is 5.56 Å². The zero-order chi connectivity index (χ0) is 16.1. The number of nitrogens with zero attached hydrogens (tertiary/aromatic N) is 1. The number of halogens is 1. The molecule has 0 atom stereocenters. The second-order valence-electron chi connectivity index (χ2n) is 5.21. The lowest BCUT2D eigenvalue weighted by Gasteiger charge is -2.22. The Kier molecular flexibility index (Phi) is 4.52. The van der Waals surface area contributed by atoms with Crippen molar-refractivity contribution >= 4 is 5.91 Å². The summed E-state index contributed by atoms with van der Waals surface area (Å²) in [5.41, 5.74) is 1.04. The third-order valence-electron chi connectivity index (χ3n) is 3.53. The van der Waals surface area contributed by atoms with Gasteiger partial charge in [-0.2, -0.15) is 0 Å². The minimum Gasteiger partial charge on any atom is -0.467 e. The van der Waals surface area contributed by atoms with Gasteiger partial charge < -0.3 is 9.32 Å². The van der Waals surface area contributed by atoms with Crippen LogP contribution in [0.5, 0.6) is 0 Å². The van der Waals surface area contributed by atoms with Crippen molar-refractivity contribution in [1.29, 1.82) is 0 Å². The van der Waals surface area contributed by atoms with E-state index in [1.54, 1.807) is 35.4 Å². The molecule has 1 aromatic heterocycles. The molecule has 0 fully saturated rings. The Balaban J connectivity index is 1.88. The molecule has 0 aliphatic rings. The van der Waals surface area contributed by atoms with Crippen molar-refractivity contribution in [3.8, 4) is 0 Å². The van der Waals surface area contributed by atoms with Crippen LogP contribution in [0.1, 0.15) is 21.7 Å². The first-order valence-corrected chi connectivity index (χ1v) is 7.34. The van der Waals surface area contributed by atoms with Gasteiger partial charge in [-0.15, -0.1) is 0 Å². The molecule has 0 unspecified atom stereocenters. The van der Waals surface area contributed by atoms with Gasteiger partial charge in [-0.05, 0) is 29.8 Å². The van der Waals surface area contributed by atoms with E-state index in [0.29, 0.717) is 12.3 Å². The van der Waals surface area contributed by atoms with Gasteiger partial charge in [-0.3, -0.25) is 4.79 Å². The topological polar surface area (TPSA) is 33.5 Å². The fourth-order valence-electron chi connectivity index (χ4n) is 2.40. The third-order valence-corrected chi connectivity index (χ3v) is 3.53. The van der Waals surface area contributed by atoms with Crippen LogP contribution in [0.4, 0.5) is 4.39 Å². The molecule has 0 aliphatic heterocycles. The molecule has 3 nitrogen and oxygen atoms in total. The molecule has 0 radical (unpaired) electrons. The van der Waals surface area contributed by atoms with Crippen LogP contribution in [0.25, 0.3) is 0 Å². The normalized spacial score (nSPS) is 10.5. The molecule has 0 saturated heterocycles.